The summed E-state index contributed by atoms with van der Waals surface area (Å²) in [7, 11) is 1.56. The standard InChI is InChI=1S/C11H20O3/c1-5-7-11(12)8(3)9(6-2)14-10(11)13-4/h5,8-10,12H,1,6-7H2,2-4H3/t8-,9-,10+,11-/m1/s1. The van der Waals surface area contributed by atoms with Crippen molar-refractivity contribution in [3.63, 3.8) is 0 Å². The van der Waals surface area contributed by atoms with Crippen LogP contribution in [0.5, 0.6) is 0 Å². The van der Waals surface area contributed by atoms with Crippen LogP contribution in [0.2, 0.25) is 0 Å². The summed E-state index contributed by atoms with van der Waals surface area (Å²) in [5.74, 6) is 0.0791. The quantitative estimate of drug-likeness (QED) is 0.702. The van der Waals surface area contributed by atoms with E-state index in [2.05, 4.69) is 6.58 Å². The molecule has 3 nitrogen and oxygen atoms in total. The second-order valence-corrected chi connectivity index (χ2v) is 3.92. The van der Waals surface area contributed by atoms with Gasteiger partial charge in [-0.1, -0.05) is 19.9 Å². The lowest BCUT2D eigenvalue weighted by atomic mass is 9.83. The lowest BCUT2D eigenvalue weighted by Gasteiger charge is -2.29. The van der Waals surface area contributed by atoms with Gasteiger partial charge >= 0.3 is 0 Å². The maximum atomic E-state index is 10.4. The number of hydrogen-bond donors (Lipinski definition) is 1. The third-order valence-corrected chi connectivity index (χ3v) is 3.14. The summed E-state index contributed by atoms with van der Waals surface area (Å²) in [5.41, 5.74) is -0.919. The minimum absolute atomic E-state index is 0.0740. The Morgan fingerprint density at radius 1 is 1.64 bits per heavy atom. The van der Waals surface area contributed by atoms with Crippen LogP contribution >= 0.6 is 0 Å². The second-order valence-electron chi connectivity index (χ2n) is 3.92. The summed E-state index contributed by atoms with van der Waals surface area (Å²) in [6.45, 7) is 7.70. The van der Waals surface area contributed by atoms with Crippen LogP contribution in [0.1, 0.15) is 26.7 Å². The molecule has 3 heteroatoms. The van der Waals surface area contributed by atoms with Crippen molar-refractivity contribution in [1.29, 1.82) is 0 Å². The third-order valence-electron chi connectivity index (χ3n) is 3.14. The largest absolute Gasteiger partial charge is 0.384 e. The highest BCUT2D eigenvalue weighted by Gasteiger charge is 2.52. The van der Waals surface area contributed by atoms with Crippen LogP contribution < -0.4 is 0 Å². The fourth-order valence-electron chi connectivity index (χ4n) is 2.15. The highest BCUT2D eigenvalue weighted by Crippen LogP contribution is 2.40. The van der Waals surface area contributed by atoms with Crippen LogP contribution in [-0.2, 0) is 9.47 Å². The molecule has 1 fully saturated rings. The first-order valence-corrected chi connectivity index (χ1v) is 5.11. The first-order valence-electron chi connectivity index (χ1n) is 5.11. The van der Waals surface area contributed by atoms with E-state index in [9.17, 15) is 5.11 Å². The zero-order chi connectivity index (χ0) is 10.8. The minimum atomic E-state index is -0.919. The van der Waals surface area contributed by atoms with Gasteiger partial charge in [0.05, 0.1) is 6.10 Å². The monoisotopic (exact) mass is 200 g/mol. The molecule has 1 aliphatic rings. The molecule has 1 saturated heterocycles. The van der Waals surface area contributed by atoms with E-state index in [1.54, 1.807) is 13.2 Å². The van der Waals surface area contributed by atoms with Gasteiger partial charge in [-0.15, -0.1) is 6.58 Å². The maximum Gasteiger partial charge on any atom is 0.186 e. The van der Waals surface area contributed by atoms with Gasteiger partial charge in [0.2, 0.25) is 0 Å². The van der Waals surface area contributed by atoms with Crippen LogP contribution in [0.25, 0.3) is 0 Å². The molecule has 0 aliphatic carbocycles. The second kappa shape index (κ2) is 4.43. The molecule has 1 N–H and O–H groups in total. The van der Waals surface area contributed by atoms with Gasteiger partial charge in [-0.2, -0.15) is 0 Å². The van der Waals surface area contributed by atoms with Crippen molar-refractivity contribution in [3.05, 3.63) is 12.7 Å². The number of rotatable bonds is 4. The van der Waals surface area contributed by atoms with Crippen LogP contribution in [-0.4, -0.2) is 30.2 Å². The predicted octanol–water partition coefficient (Wildman–Crippen LogP) is 1.71. The molecule has 0 spiro atoms. The van der Waals surface area contributed by atoms with Crippen molar-refractivity contribution in [2.24, 2.45) is 5.92 Å². The highest BCUT2D eigenvalue weighted by molar-refractivity contribution is 5.00. The minimum Gasteiger partial charge on any atom is -0.384 e. The molecule has 0 unspecified atom stereocenters. The normalized spacial score (nSPS) is 42.7. The number of ether oxygens (including phenoxy) is 2. The lowest BCUT2D eigenvalue weighted by molar-refractivity contribution is -0.187. The Hall–Kier alpha value is -0.380. The molecule has 1 aliphatic heterocycles. The lowest BCUT2D eigenvalue weighted by Crippen LogP contribution is -2.43. The van der Waals surface area contributed by atoms with E-state index in [1.165, 1.54) is 0 Å². The summed E-state index contributed by atoms with van der Waals surface area (Å²) in [5, 5.41) is 10.4. The molecule has 0 aromatic carbocycles. The summed E-state index contributed by atoms with van der Waals surface area (Å²) < 4.78 is 10.8. The molecule has 82 valence electrons. The molecule has 1 heterocycles. The van der Waals surface area contributed by atoms with E-state index in [4.69, 9.17) is 9.47 Å². The summed E-state index contributed by atoms with van der Waals surface area (Å²) in [6.07, 6.45) is 2.65. The number of methoxy groups -OCH3 is 1. The SMILES string of the molecule is C=CC[C@]1(O)[C@@H](OC)O[C@H](CC)[C@H]1C. The van der Waals surface area contributed by atoms with Crippen molar-refractivity contribution < 1.29 is 14.6 Å². The van der Waals surface area contributed by atoms with Gasteiger partial charge in [0.15, 0.2) is 6.29 Å². The van der Waals surface area contributed by atoms with Crippen LogP contribution in [0.4, 0.5) is 0 Å². The van der Waals surface area contributed by atoms with E-state index < -0.39 is 11.9 Å². The van der Waals surface area contributed by atoms with Gasteiger partial charge in [0, 0.05) is 13.0 Å². The Labute approximate surface area is 85.7 Å². The summed E-state index contributed by atoms with van der Waals surface area (Å²) in [4.78, 5) is 0. The maximum absolute atomic E-state index is 10.4. The average Bonchev–Trinajstić information content (AvgIpc) is 2.41. The molecule has 4 atom stereocenters. The Morgan fingerprint density at radius 3 is 2.71 bits per heavy atom. The molecule has 0 aromatic heterocycles. The van der Waals surface area contributed by atoms with Crippen molar-refractivity contribution in [2.75, 3.05) is 7.11 Å². The fourth-order valence-corrected chi connectivity index (χ4v) is 2.15. The smallest absolute Gasteiger partial charge is 0.186 e. The van der Waals surface area contributed by atoms with Crippen LogP contribution in [0.15, 0.2) is 12.7 Å². The number of hydrogen-bond acceptors (Lipinski definition) is 3. The Kier molecular flexibility index (Phi) is 3.70. The van der Waals surface area contributed by atoms with E-state index in [0.717, 1.165) is 6.42 Å². The highest BCUT2D eigenvalue weighted by atomic mass is 16.7. The average molecular weight is 200 g/mol. The van der Waals surface area contributed by atoms with E-state index in [1.807, 2.05) is 13.8 Å². The van der Waals surface area contributed by atoms with Crippen LogP contribution in [0.3, 0.4) is 0 Å². The Balaban J connectivity index is 2.83. The number of aliphatic hydroxyl groups is 1. The molecule has 14 heavy (non-hydrogen) atoms. The van der Waals surface area contributed by atoms with E-state index in [0.29, 0.717) is 6.42 Å². The molecule has 0 aromatic rings. The molecule has 0 amide bonds. The zero-order valence-electron chi connectivity index (χ0n) is 9.19. The van der Waals surface area contributed by atoms with Crippen molar-refractivity contribution >= 4 is 0 Å². The van der Waals surface area contributed by atoms with Crippen molar-refractivity contribution in [3.8, 4) is 0 Å². The topological polar surface area (TPSA) is 38.7 Å². The Bertz CT molecular complexity index is 201. The zero-order valence-corrected chi connectivity index (χ0v) is 9.19. The van der Waals surface area contributed by atoms with E-state index >= 15 is 0 Å². The molecule has 0 bridgehead atoms. The van der Waals surface area contributed by atoms with Gasteiger partial charge in [-0.3, -0.25) is 0 Å². The van der Waals surface area contributed by atoms with Crippen molar-refractivity contribution in [2.45, 2.75) is 44.7 Å². The van der Waals surface area contributed by atoms with E-state index in [-0.39, 0.29) is 12.0 Å². The first kappa shape index (κ1) is 11.7. The van der Waals surface area contributed by atoms with Gasteiger partial charge in [-0.05, 0) is 12.8 Å². The molecule has 0 radical (unpaired) electrons. The van der Waals surface area contributed by atoms with Gasteiger partial charge < -0.3 is 14.6 Å². The molecular formula is C11H20O3. The first-order chi connectivity index (χ1) is 6.60. The van der Waals surface area contributed by atoms with Gasteiger partial charge in [0.1, 0.15) is 5.60 Å². The van der Waals surface area contributed by atoms with Crippen molar-refractivity contribution in [1.82, 2.24) is 0 Å². The Morgan fingerprint density at radius 2 is 2.29 bits per heavy atom. The fraction of sp³-hybridized carbons (Fsp3) is 0.818. The van der Waals surface area contributed by atoms with Gasteiger partial charge in [0.25, 0.3) is 0 Å². The molecular weight excluding hydrogens is 180 g/mol. The third kappa shape index (κ3) is 1.72. The molecule has 0 saturated carbocycles. The summed E-state index contributed by atoms with van der Waals surface area (Å²) >= 11 is 0. The summed E-state index contributed by atoms with van der Waals surface area (Å²) in [6, 6.07) is 0. The van der Waals surface area contributed by atoms with Crippen LogP contribution in [0, 0.1) is 5.92 Å². The molecule has 1 rings (SSSR count). The van der Waals surface area contributed by atoms with Gasteiger partial charge in [-0.25, -0.2) is 0 Å². The predicted molar refractivity (Wildman–Crippen MR) is 54.9 cm³/mol.